The Kier molecular flexibility index (Phi) is 4.41. The van der Waals surface area contributed by atoms with Crippen molar-refractivity contribution in [2.24, 2.45) is 5.73 Å². The number of imidazole rings is 1. The molecule has 102 valence electrons. The van der Waals surface area contributed by atoms with Gasteiger partial charge >= 0.3 is 5.69 Å². The zero-order valence-electron chi connectivity index (χ0n) is 11.1. The molecule has 0 aliphatic heterocycles. The van der Waals surface area contributed by atoms with E-state index in [2.05, 4.69) is 0 Å². The first-order valence-electron chi connectivity index (χ1n) is 6.42. The molecule has 0 unspecified atom stereocenters. The maximum absolute atomic E-state index is 11.8. The molecule has 0 atom stereocenters. The van der Waals surface area contributed by atoms with Gasteiger partial charge in [-0.05, 0) is 13.0 Å². The molecule has 2 N–H and O–H groups in total. The fraction of sp³-hybridized carbons (Fsp3) is 0.357. The molecular weight excluding hydrogens is 242 g/mol. The summed E-state index contributed by atoms with van der Waals surface area (Å²) in [6.07, 6.45) is 3.57. The molecule has 0 fully saturated rings. The minimum Gasteiger partial charge on any atom is -0.491 e. The molecule has 5 heteroatoms. The Balaban J connectivity index is 1.96. The number of ether oxygens (including phenoxy) is 1. The van der Waals surface area contributed by atoms with Crippen LogP contribution in [0.5, 0.6) is 5.75 Å². The van der Waals surface area contributed by atoms with Crippen molar-refractivity contribution in [2.75, 3.05) is 6.61 Å². The summed E-state index contributed by atoms with van der Waals surface area (Å²) < 4.78 is 8.99. The lowest BCUT2D eigenvalue weighted by Crippen LogP contribution is -2.25. The first-order valence-corrected chi connectivity index (χ1v) is 6.42. The molecule has 0 bridgehead atoms. The second kappa shape index (κ2) is 6.24. The molecule has 0 aliphatic rings. The molecule has 2 rings (SSSR count). The van der Waals surface area contributed by atoms with Gasteiger partial charge in [-0.25, -0.2) is 4.79 Å². The molecule has 1 aromatic heterocycles. The van der Waals surface area contributed by atoms with E-state index in [0.717, 1.165) is 11.3 Å². The minimum atomic E-state index is -0.00166. The average molecular weight is 261 g/mol. The highest BCUT2D eigenvalue weighted by Crippen LogP contribution is 2.16. The third kappa shape index (κ3) is 3.06. The molecular formula is C14H19N3O2. The van der Waals surface area contributed by atoms with Crippen LogP contribution in [0.3, 0.4) is 0 Å². The summed E-state index contributed by atoms with van der Waals surface area (Å²) in [5, 5.41) is 0. The van der Waals surface area contributed by atoms with Crippen molar-refractivity contribution in [3.63, 3.8) is 0 Å². The van der Waals surface area contributed by atoms with E-state index in [1.54, 1.807) is 21.5 Å². The highest BCUT2D eigenvalue weighted by atomic mass is 16.5. The number of nitrogens with zero attached hydrogens (tertiary/aromatic N) is 2. The monoisotopic (exact) mass is 261 g/mol. The van der Waals surface area contributed by atoms with Gasteiger partial charge in [0.15, 0.2) is 0 Å². The van der Waals surface area contributed by atoms with Gasteiger partial charge < -0.3 is 10.5 Å². The van der Waals surface area contributed by atoms with Crippen LogP contribution in [0.25, 0.3) is 0 Å². The molecule has 0 saturated carbocycles. The van der Waals surface area contributed by atoms with Gasteiger partial charge in [-0.2, -0.15) is 0 Å². The predicted octanol–water partition coefficient (Wildman–Crippen LogP) is 1.21. The number of aryl methyl sites for hydroxylation is 1. The van der Waals surface area contributed by atoms with Crippen LogP contribution in [0.15, 0.2) is 41.5 Å². The summed E-state index contributed by atoms with van der Waals surface area (Å²) in [5.74, 6) is 0.785. The number of para-hydroxylation sites is 1. The van der Waals surface area contributed by atoms with Gasteiger partial charge in [0.25, 0.3) is 0 Å². The van der Waals surface area contributed by atoms with Crippen molar-refractivity contribution >= 4 is 0 Å². The minimum absolute atomic E-state index is 0.00166. The lowest BCUT2D eigenvalue weighted by Gasteiger charge is -2.10. The third-order valence-corrected chi connectivity index (χ3v) is 3.04. The molecule has 0 aliphatic carbocycles. The van der Waals surface area contributed by atoms with Crippen LogP contribution in [-0.4, -0.2) is 15.7 Å². The Bertz CT molecular complexity index is 586. The van der Waals surface area contributed by atoms with Crippen molar-refractivity contribution in [2.45, 2.75) is 26.6 Å². The molecule has 1 aromatic carbocycles. The molecule has 2 aromatic rings. The van der Waals surface area contributed by atoms with Gasteiger partial charge in [0.2, 0.25) is 0 Å². The van der Waals surface area contributed by atoms with E-state index in [9.17, 15) is 4.79 Å². The van der Waals surface area contributed by atoms with Crippen LogP contribution in [0.1, 0.15) is 12.5 Å². The Labute approximate surface area is 112 Å². The first-order chi connectivity index (χ1) is 9.26. The van der Waals surface area contributed by atoms with E-state index < -0.39 is 0 Å². The Morgan fingerprint density at radius 2 is 1.95 bits per heavy atom. The van der Waals surface area contributed by atoms with Gasteiger partial charge in [0.05, 0.1) is 6.54 Å². The topological polar surface area (TPSA) is 62.2 Å². The summed E-state index contributed by atoms with van der Waals surface area (Å²) in [6.45, 7) is 4.06. The first kappa shape index (κ1) is 13.4. The molecule has 5 nitrogen and oxygen atoms in total. The average Bonchev–Trinajstić information content (AvgIpc) is 2.80. The molecule has 0 radical (unpaired) electrons. The molecule has 1 heterocycles. The maximum atomic E-state index is 11.8. The van der Waals surface area contributed by atoms with Crippen molar-refractivity contribution in [1.29, 1.82) is 0 Å². The third-order valence-electron chi connectivity index (χ3n) is 3.04. The standard InChI is InChI=1S/C14H19N3O2/c1-2-16-7-8-17(14(16)18)9-10-19-13-6-4-3-5-12(13)11-15/h3-8H,2,9-11,15H2,1H3. The largest absolute Gasteiger partial charge is 0.491 e. The van der Waals surface area contributed by atoms with E-state index >= 15 is 0 Å². The fourth-order valence-electron chi connectivity index (χ4n) is 1.93. The zero-order chi connectivity index (χ0) is 13.7. The number of aromatic nitrogens is 2. The second-order valence-electron chi connectivity index (χ2n) is 4.22. The second-order valence-corrected chi connectivity index (χ2v) is 4.22. The highest BCUT2D eigenvalue weighted by Gasteiger charge is 2.03. The van der Waals surface area contributed by atoms with Crippen molar-refractivity contribution < 1.29 is 4.74 Å². The van der Waals surface area contributed by atoms with E-state index in [0.29, 0.717) is 26.2 Å². The van der Waals surface area contributed by atoms with Crippen LogP contribution in [0.4, 0.5) is 0 Å². The van der Waals surface area contributed by atoms with Gasteiger partial charge in [-0.1, -0.05) is 18.2 Å². The van der Waals surface area contributed by atoms with Crippen LogP contribution >= 0.6 is 0 Å². The number of rotatable bonds is 6. The fourth-order valence-corrected chi connectivity index (χ4v) is 1.93. The number of hydrogen-bond acceptors (Lipinski definition) is 3. The number of hydrogen-bond donors (Lipinski definition) is 1. The zero-order valence-corrected chi connectivity index (χ0v) is 11.1. The molecule has 0 amide bonds. The normalized spacial score (nSPS) is 10.6. The number of benzene rings is 1. The van der Waals surface area contributed by atoms with Crippen molar-refractivity contribution in [3.8, 4) is 5.75 Å². The SMILES string of the molecule is CCn1ccn(CCOc2ccccc2CN)c1=O. The van der Waals surface area contributed by atoms with Crippen LogP contribution in [-0.2, 0) is 19.6 Å². The lowest BCUT2D eigenvalue weighted by atomic mass is 10.2. The predicted molar refractivity (Wildman–Crippen MR) is 74.2 cm³/mol. The lowest BCUT2D eigenvalue weighted by molar-refractivity contribution is 0.293. The number of nitrogens with two attached hydrogens (primary N) is 1. The highest BCUT2D eigenvalue weighted by molar-refractivity contribution is 5.32. The summed E-state index contributed by atoms with van der Waals surface area (Å²) in [5.41, 5.74) is 6.61. The Morgan fingerprint density at radius 3 is 2.63 bits per heavy atom. The summed E-state index contributed by atoms with van der Waals surface area (Å²) in [4.78, 5) is 11.8. The molecule has 0 spiro atoms. The molecule has 19 heavy (non-hydrogen) atoms. The van der Waals surface area contributed by atoms with E-state index in [4.69, 9.17) is 10.5 Å². The van der Waals surface area contributed by atoms with Gasteiger partial charge in [-0.3, -0.25) is 9.13 Å². The van der Waals surface area contributed by atoms with Crippen LogP contribution in [0, 0.1) is 0 Å². The quantitative estimate of drug-likeness (QED) is 0.850. The van der Waals surface area contributed by atoms with Crippen molar-refractivity contribution in [3.05, 3.63) is 52.7 Å². The smallest absolute Gasteiger partial charge is 0.328 e. The van der Waals surface area contributed by atoms with Crippen molar-refractivity contribution in [1.82, 2.24) is 9.13 Å². The van der Waals surface area contributed by atoms with Crippen LogP contribution < -0.4 is 16.2 Å². The summed E-state index contributed by atoms with van der Waals surface area (Å²) in [6, 6.07) is 7.67. The van der Waals surface area contributed by atoms with E-state index in [1.807, 2.05) is 31.2 Å². The van der Waals surface area contributed by atoms with Crippen LogP contribution in [0.2, 0.25) is 0 Å². The summed E-state index contributed by atoms with van der Waals surface area (Å²) in [7, 11) is 0. The van der Waals surface area contributed by atoms with Gasteiger partial charge in [0.1, 0.15) is 12.4 Å². The van der Waals surface area contributed by atoms with E-state index in [-0.39, 0.29) is 5.69 Å². The Hall–Kier alpha value is -2.01. The Morgan fingerprint density at radius 1 is 1.21 bits per heavy atom. The molecule has 0 saturated heterocycles. The van der Waals surface area contributed by atoms with Gasteiger partial charge in [0, 0.05) is 31.0 Å². The summed E-state index contributed by atoms with van der Waals surface area (Å²) >= 11 is 0. The maximum Gasteiger partial charge on any atom is 0.328 e. The van der Waals surface area contributed by atoms with E-state index in [1.165, 1.54) is 0 Å². The van der Waals surface area contributed by atoms with Gasteiger partial charge in [-0.15, -0.1) is 0 Å².